The minimum absolute atomic E-state index is 0.0340. The Kier molecular flexibility index (Phi) is 3.26. The van der Waals surface area contributed by atoms with Crippen molar-refractivity contribution in [3.8, 4) is 0 Å². The van der Waals surface area contributed by atoms with Gasteiger partial charge in [-0.15, -0.1) is 0 Å². The van der Waals surface area contributed by atoms with Crippen molar-refractivity contribution in [3.05, 3.63) is 24.2 Å². The van der Waals surface area contributed by atoms with Gasteiger partial charge in [0, 0.05) is 0 Å². The van der Waals surface area contributed by atoms with Crippen molar-refractivity contribution in [1.29, 1.82) is 0 Å². The van der Waals surface area contributed by atoms with Gasteiger partial charge in [-0.25, -0.2) is 13.2 Å². The fraction of sp³-hybridized carbons (Fsp3) is 0.286. The van der Waals surface area contributed by atoms with Gasteiger partial charge in [-0.1, -0.05) is 0 Å². The minimum atomic E-state index is -4.35. The molecule has 0 radical (unpaired) electrons. The molecule has 0 saturated carbocycles. The van der Waals surface area contributed by atoms with E-state index in [1.807, 2.05) is 0 Å². The molecule has 0 aliphatic heterocycles. The van der Waals surface area contributed by atoms with Crippen LogP contribution in [0.2, 0.25) is 0 Å². The molecular weight excluding hydrogens is 212 g/mol. The van der Waals surface area contributed by atoms with Crippen molar-refractivity contribution in [2.45, 2.75) is 0 Å². The van der Waals surface area contributed by atoms with Crippen LogP contribution in [-0.2, 0) is 14.9 Å². The predicted molar refractivity (Wildman–Crippen MR) is 43.6 cm³/mol. The predicted octanol–water partition coefficient (Wildman–Crippen LogP) is -0.0184. The number of hydrogen-bond acceptors (Lipinski definition) is 6. The third kappa shape index (κ3) is 3.58. The standard InChI is InChI=1S/C7H8O6S/c8-7(6-2-1-3-12-6)13-4-5-14(9,10)11/h1-3H,4-5H2,(H,9,10,11)/p-1. The molecule has 1 aromatic heterocycles. The highest BCUT2D eigenvalue weighted by Gasteiger charge is 2.09. The van der Waals surface area contributed by atoms with Crippen LogP contribution >= 0.6 is 0 Å². The van der Waals surface area contributed by atoms with Gasteiger partial charge in [0.15, 0.2) is 0 Å². The number of ether oxygens (including phenoxy) is 1. The zero-order valence-corrected chi connectivity index (χ0v) is 7.82. The van der Waals surface area contributed by atoms with Crippen LogP contribution in [0.25, 0.3) is 0 Å². The van der Waals surface area contributed by atoms with E-state index in [0.29, 0.717) is 0 Å². The second kappa shape index (κ2) is 4.25. The van der Waals surface area contributed by atoms with Gasteiger partial charge in [0.1, 0.15) is 6.61 Å². The lowest BCUT2D eigenvalue weighted by Crippen LogP contribution is -2.14. The Bertz CT molecular complexity index is 390. The first-order valence-electron chi connectivity index (χ1n) is 3.63. The smallest absolute Gasteiger partial charge is 0.374 e. The molecule has 0 bridgehead atoms. The number of hydrogen-bond donors (Lipinski definition) is 0. The monoisotopic (exact) mass is 219 g/mol. The van der Waals surface area contributed by atoms with Crippen LogP contribution in [-0.4, -0.2) is 31.3 Å². The zero-order chi connectivity index (χ0) is 10.6. The highest BCUT2D eigenvalue weighted by molar-refractivity contribution is 7.85. The molecule has 0 spiro atoms. The average Bonchev–Trinajstić information content (AvgIpc) is 2.53. The fourth-order valence-electron chi connectivity index (χ4n) is 0.702. The van der Waals surface area contributed by atoms with Gasteiger partial charge >= 0.3 is 5.97 Å². The van der Waals surface area contributed by atoms with Gasteiger partial charge in [-0.3, -0.25) is 0 Å². The summed E-state index contributed by atoms with van der Waals surface area (Å²) in [6.45, 7) is -0.467. The number of furan rings is 1. The summed E-state index contributed by atoms with van der Waals surface area (Å²) in [6, 6.07) is 2.86. The van der Waals surface area contributed by atoms with E-state index in [-0.39, 0.29) is 5.76 Å². The van der Waals surface area contributed by atoms with E-state index in [1.165, 1.54) is 18.4 Å². The van der Waals surface area contributed by atoms with Crippen molar-refractivity contribution in [1.82, 2.24) is 0 Å². The number of esters is 1. The van der Waals surface area contributed by atoms with E-state index in [9.17, 15) is 17.8 Å². The molecule has 0 saturated heterocycles. The van der Waals surface area contributed by atoms with Crippen molar-refractivity contribution in [3.63, 3.8) is 0 Å². The maximum Gasteiger partial charge on any atom is 0.374 e. The molecule has 14 heavy (non-hydrogen) atoms. The van der Waals surface area contributed by atoms with Gasteiger partial charge in [-0.2, -0.15) is 0 Å². The summed E-state index contributed by atoms with van der Waals surface area (Å²) in [4.78, 5) is 11.0. The molecule has 0 aliphatic rings. The van der Waals surface area contributed by atoms with E-state index in [0.717, 1.165) is 0 Å². The summed E-state index contributed by atoms with van der Waals surface area (Å²) < 4.78 is 39.5. The minimum Gasteiger partial charge on any atom is -0.748 e. The zero-order valence-electron chi connectivity index (χ0n) is 7.00. The van der Waals surface area contributed by atoms with Crippen LogP contribution in [0.15, 0.2) is 22.8 Å². The van der Waals surface area contributed by atoms with Gasteiger partial charge in [0.2, 0.25) is 5.76 Å². The Hall–Kier alpha value is -1.34. The van der Waals surface area contributed by atoms with E-state index >= 15 is 0 Å². The molecule has 0 amide bonds. The molecule has 1 aromatic rings. The molecule has 1 rings (SSSR count). The van der Waals surface area contributed by atoms with Gasteiger partial charge in [-0.05, 0) is 12.1 Å². The van der Waals surface area contributed by atoms with E-state index in [2.05, 4.69) is 9.15 Å². The van der Waals surface area contributed by atoms with E-state index in [1.54, 1.807) is 0 Å². The highest BCUT2D eigenvalue weighted by Crippen LogP contribution is 2.01. The molecule has 1 heterocycles. The van der Waals surface area contributed by atoms with Crippen LogP contribution in [0.5, 0.6) is 0 Å². The van der Waals surface area contributed by atoms with Crippen molar-refractivity contribution in [2.75, 3.05) is 12.4 Å². The summed E-state index contributed by atoms with van der Waals surface area (Å²) in [7, 11) is -4.35. The molecule has 0 aromatic carbocycles. The Balaban J connectivity index is 2.37. The van der Waals surface area contributed by atoms with Crippen molar-refractivity contribution >= 4 is 16.1 Å². The first-order chi connectivity index (χ1) is 6.49. The first-order valence-corrected chi connectivity index (χ1v) is 5.21. The SMILES string of the molecule is O=C(OCCS(=O)(=O)[O-])c1ccco1. The summed E-state index contributed by atoms with van der Waals surface area (Å²) in [6.07, 6.45) is 1.28. The molecule has 0 fully saturated rings. The molecular formula is C7H7O6S-. The lowest BCUT2D eigenvalue weighted by Gasteiger charge is -2.06. The molecule has 78 valence electrons. The Morgan fingerprint density at radius 2 is 2.29 bits per heavy atom. The first kappa shape index (κ1) is 10.7. The van der Waals surface area contributed by atoms with Crippen LogP contribution in [0.3, 0.4) is 0 Å². The molecule has 0 unspecified atom stereocenters. The topological polar surface area (TPSA) is 96.6 Å². The quantitative estimate of drug-likeness (QED) is 0.521. The summed E-state index contributed by atoms with van der Waals surface area (Å²) in [5, 5.41) is 0. The van der Waals surface area contributed by atoms with Crippen LogP contribution < -0.4 is 0 Å². The van der Waals surface area contributed by atoms with Gasteiger partial charge in [0.05, 0.1) is 22.1 Å². The Morgan fingerprint density at radius 3 is 2.79 bits per heavy atom. The lowest BCUT2D eigenvalue weighted by atomic mass is 10.5. The maximum absolute atomic E-state index is 11.0. The molecule has 7 heteroatoms. The largest absolute Gasteiger partial charge is 0.748 e. The van der Waals surface area contributed by atoms with Gasteiger partial charge in [0.25, 0.3) is 0 Å². The summed E-state index contributed by atoms with van der Waals surface area (Å²) in [5.74, 6) is -1.56. The average molecular weight is 219 g/mol. The van der Waals surface area contributed by atoms with Gasteiger partial charge < -0.3 is 13.7 Å². The molecule has 6 nitrogen and oxygen atoms in total. The number of carbonyl (C=O) groups is 1. The van der Waals surface area contributed by atoms with Crippen LogP contribution in [0, 0.1) is 0 Å². The normalized spacial score (nSPS) is 11.2. The third-order valence-corrected chi connectivity index (χ3v) is 1.96. The molecule has 0 aliphatic carbocycles. The van der Waals surface area contributed by atoms with Crippen molar-refractivity contribution < 1.29 is 26.9 Å². The second-order valence-corrected chi connectivity index (χ2v) is 3.90. The van der Waals surface area contributed by atoms with E-state index < -0.39 is 28.4 Å². The van der Waals surface area contributed by atoms with Crippen LogP contribution in [0.4, 0.5) is 0 Å². The second-order valence-electron chi connectivity index (χ2n) is 2.38. The number of carbonyl (C=O) groups excluding carboxylic acids is 1. The summed E-state index contributed by atoms with van der Waals surface area (Å²) in [5.41, 5.74) is 0. The fourth-order valence-corrected chi connectivity index (χ4v) is 0.990. The summed E-state index contributed by atoms with van der Waals surface area (Å²) >= 11 is 0. The number of rotatable bonds is 4. The van der Waals surface area contributed by atoms with Crippen LogP contribution in [0.1, 0.15) is 10.6 Å². The van der Waals surface area contributed by atoms with E-state index in [4.69, 9.17) is 0 Å². The Morgan fingerprint density at radius 1 is 1.57 bits per heavy atom. The Labute approximate surface area is 80.2 Å². The van der Waals surface area contributed by atoms with Crippen molar-refractivity contribution in [2.24, 2.45) is 0 Å². The molecule has 0 atom stereocenters. The maximum atomic E-state index is 11.0. The third-order valence-electron chi connectivity index (χ3n) is 1.29. The molecule has 0 N–H and O–H groups in total. The highest BCUT2D eigenvalue weighted by atomic mass is 32.2. The lowest BCUT2D eigenvalue weighted by molar-refractivity contribution is 0.0492.